The van der Waals surface area contributed by atoms with E-state index in [1.165, 1.54) is 16.7 Å². The molecule has 3 aromatic rings. The molecular weight excluding hydrogens is 338 g/mol. The summed E-state index contributed by atoms with van der Waals surface area (Å²) in [4.78, 5) is 0. The Morgan fingerprint density at radius 2 is 0.846 bits per heavy atom. The Morgan fingerprint density at radius 1 is 0.538 bits per heavy atom. The minimum atomic E-state index is 0. The first-order valence-corrected chi connectivity index (χ1v) is 9.12. The van der Waals surface area contributed by atoms with Crippen LogP contribution in [0.2, 0.25) is 0 Å². The number of hydrogen-bond donors (Lipinski definition) is 1. The van der Waals surface area contributed by atoms with Gasteiger partial charge in [0.25, 0.3) is 0 Å². The molecule has 0 aromatic heterocycles. The number of nitrogens with two attached hydrogens (primary N) is 1. The van der Waals surface area contributed by atoms with E-state index in [4.69, 9.17) is 5.73 Å². The van der Waals surface area contributed by atoms with Gasteiger partial charge in [-0.25, -0.2) is 0 Å². The fraction of sp³-hybridized carbons (Fsp3) is 0.250. The Kier molecular flexibility index (Phi) is 7.90. The van der Waals surface area contributed by atoms with Crippen LogP contribution in [-0.2, 0) is 19.3 Å². The molecular formula is C24H28ClN. The Balaban J connectivity index is 0.00000243. The molecule has 0 amide bonds. The first-order chi connectivity index (χ1) is 12.3. The Labute approximate surface area is 163 Å². The molecule has 0 saturated heterocycles. The first-order valence-electron chi connectivity index (χ1n) is 9.12. The van der Waals surface area contributed by atoms with E-state index in [-0.39, 0.29) is 17.8 Å². The SMILES string of the molecule is Cl.NCCC(Cc1ccccc1)(Cc1ccccc1)Cc1ccccc1. The molecule has 0 saturated carbocycles. The summed E-state index contributed by atoms with van der Waals surface area (Å²) in [6, 6.07) is 32.5. The maximum atomic E-state index is 6.08. The van der Waals surface area contributed by atoms with Crippen molar-refractivity contribution in [3.63, 3.8) is 0 Å². The zero-order valence-electron chi connectivity index (χ0n) is 15.2. The van der Waals surface area contributed by atoms with Gasteiger partial charge >= 0.3 is 0 Å². The summed E-state index contributed by atoms with van der Waals surface area (Å²) in [6.45, 7) is 0.715. The van der Waals surface area contributed by atoms with Crippen molar-refractivity contribution >= 4 is 12.4 Å². The number of rotatable bonds is 8. The summed E-state index contributed by atoms with van der Waals surface area (Å²) in [6.07, 6.45) is 4.17. The highest BCUT2D eigenvalue weighted by atomic mass is 35.5. The van der Waals surface area contributed by atoms with Gasteiger partial charge in [0.05, 0.1) is 0 Å². The molecule has 2 heteroatoms. The summed E-state index contributed by atoms with van der Waals surface area (Å²) in [5.41, 5.74) is 10.4. The van der Waals surface area contributed by atoms with Crippen LogP contribution in [0, 0.1) is 5.41 Å². The van der Waals surface area contributed by atoms with E-state index in [1.807, 2.05) is 0 Å². The molecule has 0 aliphatic heterocycles. The number of halogens is 1. The van der Waals surface area contributed by atoms with Crippen molar-refractivity contribution in [1.82, 2.24) is 0 Å². The lowest BCUT2D eigenvalue weighted by molar-refractivity contribution is 0.259. The highest BCUT2D eigenvalue weighted by molar-refractivity contribution is 5.85. The van der Waals surface area contributed by atoms with Gasteiger partial charge in [0.1, 0.15) is 0 Å². The van der Waals surface area contributed by atoms with E-state index < -0.39 is 0 Å². The quantitative estimate of drug-likeness (QED) is 0.562. The van der Waals surface area contributed by atoms with Crippen molar-refractivity contribution in [2.24, 2.45) is 11.1 Å². The molecule has 0 unspecified atom stereocenters. The molecule has 0 aliphatic rings. The summed E-state index contributed by atoms with van der Waals surface area (Å²) in [5, 5.41) is 0. The molecule has 0 bridgehead atoms. The lowest BCUT2D eigenvalue weighted by Crippen LogP contribution is -2.32. The molecule has 136 valence electrons. The summed E-state index contributed by atoms with van der Waals surface area (Å²) in [7, 11) is 0. The summed E-state index contributed by atoms with van der Waals surface area (Å²) in [5.74, 6) is 0. The van der Waals surface area contributed by atoms with E-state index in [1.54, 1.807) is 0 Å². The average molecular weight is 366 g/mol. The van der Waals surface area contributed by atoms with E-state index in [2.05, 4.69) is 91.0 Å². The molecule has 2 N–H and O–H groups in total. The maximum Gasteiger partial charge on any atom is -0.00716 e. The van der Waals surface area contributed by atoms with Gasteiger partial charge in [0, 0.05) is 0 Å². The topological polar surface area (TPSA) is 26.0 Å². The minimum absolute atomic E-state index is 0. The molecule has 1 nitrogen and oxygen atoms in total. The third-order valence-corrected chi connectivity index (χ3v) is 4.94. The van der Waals surface area contributed by atoms with Gasteiger partial charge in [-0.15, -0.1) is 12.4 Å². The van der Waals surface area contributed by atoms with Crippen LogP contribution in [0.3, 0.4) is 0 Å². The second-order valence-corrected chi connectivity index (χ2v) is 7.03. The molecule has 0 heterocycles. The van der Waals surface area contributed by atoms with Crippen molar-refractivity contribution in [2.75, 3.05) is 6.54 Å². The van der Waals surface area contributed by atoms with Crippen LogP contribution in [0.4, 0.5) is 0 Å². The monoisotopic (exact) mass is 365 g/mol. The van der Waals surface area contributed by atoms with Crippen molar-refractivity contribution in [3.05, 3.63) is 108 Å². The van der Waals surface area contributed by atoms with E-state index in [0.29, 0.717) is 6.54 Å². The third-order valence-electron chi connectivity index (χ3n) is 4.94. The van der Waals surface area contributed by atoms with Crippen LogP contribution in [0.1, 0.15) is 23.1 Å². The smallest absolute Gasteiger partial charge is 0.00716 e. The molecule has 3 rings (SSSR count). The Morgan fingerprint density at radius 3 is 1.12 bits per heavy atom. The number of benzene rings is 3. The van der Waals surface area contributed by atoms with E-state index in [9.17, 15) is 0 Å². The molecule has 0 atom stereocenters. The minimum Gasteiger partial charge on any atom is -0.330 e. The van der Waals surface area contributed by atoms with Crippen molar-refractivity contribution in [1.29, 1.82) is 0 Å². The molecule has 0 fully saturated rings. The lowest BCUT2D eigenvalue weighted by Gasteiger charge is -2.35. The standard InChI is InChI=1S/C24H27N.ClH/c25-17-16-24(18-21-10-4-1-5-11-21,19-22-12-6-2-7-13-22)20-23-14-8-3-9-15-23;/h1-15H,16-20,25H2;1H. The van der Waals surface area contributed by atoms with Gasteiger partial charge in [-0.05, 0) is 54.3 Å². The summed E-state index contributed by atoms with van der Waals surface area (Å²) >= 11 is 0. The second-order valence-electron chi connectivity index (χ2n) is 7.03. The zero-order chi connectivity index (χ0) is 17.4. The average Bonchev–Trinajstić information content (AvgIpc) is 2.64. The van der Waals surface area contributed by atoms with Crippen molar-refractivity contribution < 1.29 is 0 Å². The normalized spacial score (nSPS) is 11.0. The highest BCUT2D eigenvalue weighted by Crippen LogP contribution is 2.35. The molecule has 0 aliphatic carbocycles. The van der Waals surface area contributed by atoms with E-state index in [0.717, 1.165) is 25.7 Å². The lowest BCUT2D eigenvalue weighted by atomic mass is 9.70. The Bertz CT molecular complexity index is 640. The maximum absolute atomic E-state index is 6.08. The largest absolute Gasteiger partial charge is 0.330 e. The fourth-order valence-electron chi connectivity index (χ4n) is 3.85. The van der Waals surface area contributed by atoms with Crippen LogP contribution < -0.4 is 5.73 Å². The van der Waals surface area contributed by atoms with Crippen LogP contribution in [0.15, 0.2) is 91.0 Å². The molecule has 0 radical (unpaired) electrons. The van der Waals surface area contributed by atoms with Crippen LogP contribution >= 0.6 is 12.4 Å². The molecule has 3 aromatic carbocycles. The molecule has 0 spiro atoms. The van der Waals surface area contributed by atoms with Crippen LogP contribution in [-0.4, -0.2) is 6.54 Å². The van der Waals surface area contributed by atoms with Gasteiger partial charge in [-0.2, -0.15) is 0 Å². The molecule has 26 heavy (non-hydrogen) atoms. The number of hydrogen-bond acceptors (Lipinski definition) is 1. The van der Waals surface area contributed by atoms with Gasteiger partial charge in [-0.1, -0.05) is 91.0 Å². The Hall–Kier alpha value is -2.09. The van der Waals surface area contributed by atoms with Crippen molar-refractivity contribution in [2.45, 2.75) is 25.7 Å². The van der Waals surface area contributed by atoms with Gasteiger partial charge < -0.3 is 5.73 Å². The zero-order valence-corrected chi connectivity index (χ0v) is 16.0. The van der Waals surface area contributed by atoms with Gasteiger partial charge in [0.15, 0.2) is 0 Å². The summed E-state index contributed by atoms with van der Waals surface area (Å²) < 4.78 is 0. The third kappa shape index (κ3) is 5.72. The predicted molar refractivity (Wildman–Crippen MR) is 114 cm³/mol. The van der Waals surface area contributed by atoms with Crippen LogP contribution in [0.25, 0.3) is 0 Å². The first kappa shape index (κ1) is 20.2. The second kappa shape index (κ2) is 10.2. The highest BCUT2D eigenvalue weighted by Gasteiger charge is 2.30. The van der Waals surface area contributed by atoms with Gasteiger partial charge in [0.2, 0.25) is 0 Å². The van der Waals surface area contributed by atoms with Crippen molar-refractivity contribution in [3.8, 4) is 0 Å². The fourth-order valence-corrected chi connectivity index (χ4v) is 3.85. The van der Waals surface area contributed by atoms with E-state index >= 15 is 0 Å². The van der Waals surface area contributed by atoms with Gasteiger partial charge in [-0.3, -0.25) is 0 Å². The predicted octanol–water partition coefficient (Wildman–Crippen LogP) is 5.47. The van der Waals surface area contributed by atoms with Crippen LogP contribution in [0.5, 0.6) is 0 Å².